The number of hydrogen-bond donors (Lipinski definition) is 0. The Balaban J connectivity index is 1.52. The molecule has 0 aliphatic carbocycles. The third kappa shape index (κ3) is 10.5. The second kappa shape index (κ2) is 19.4. The van der Waals surface area contributed by atoms with Crippen molar-refractivity contribution in [1.29, 1.82) is 0 Å². The molecule has 2 heterocycles. The molecular formula is C39H51N5O7. The summed E-state index contributed by atoms with van der Waals surface area (Å²) in [7, 11) is 1.84. The number of anilines is 1. The minimum atomic E-state index is -0.715. The van der Waals surface area contributed by atoms with Crippen LogP contribution in [0.1, 0.15) is 101 Å². The molecule has 0 aliphatic rings. The van der Waals surface area contributed by atoms with E-state index in [2.05, 4.69) is 17.0 Å². The van der Waals surface area contributed by atoms with Gasteiger partial charge in [-0.1, -0.05) is 45.7 Å². The lowest BCUT2D eigenvalue weighted by atomic mass is 10.0. The first-order chi connectivity index (χ1) is 24.7. The molecule has 0 saturated carbocycles. The maximum absolute atomic E-state index is 13.9. The molecule has 0 N–H and O–H groups in total. The van der Waals surface area contributed by atoms with Gasteiger partial charge in [-0.3, -0.25) is 14.4 Å². The van der Waals surface area contributed by atoms with Crippen molar-refractivity contribution in [2.24, 2.45) is 7.05 Å². The van der Waals surface area contributed by atoms with Crippen molar-refractivity contribution in [3.05, 3.63) is 71.2 Å². The Hall–Kier alpha value is -5.00. The minimum Gasteiger partial charge on any atom is -0.479 e. The summed E-state index contributed by atoms with van der Waals surface area (Å²) in [5.41, 5.74) is 4.54. The van der Waals surface area contributed by atoms with E-state index in [-0.39, 0.29) is 31.6 Å². The fourth-order valence-electron chi connectivity index (χ4n) is 5.68. The molecule has 51 heavy (non-hydrogen) atoms. The molecule has 0 aliphatic heterocycles. The lowest BCUT2D eigenvalue weighted by molar-refractivity contribution is -0.151. The summed E-state index contributed by atoms with van der Waals surface area (Å²) in [6.07, 6.45) is 5.36. The second-order valence-corrected chi connectivity index (χ2v) is 12.2. The number of aromatic nitrogens is 4. The second-order valence-electron chi connectivity index (χ2n) is 12.2. The van der Waals surface area contributed by atoms with Gasteiger partial charge >= 0.3 is 11.9 Å². The molecule has 1 unspecified atom stereocenters. The lowest BCUT2D eigenvalue weighted by Crippen LogP contribution is -2.34. The smallest absolute Gasteiger partial charge is 0.347 e. The van der Waals surface area contributed by atoms with Gasteiger partial charge in [0.25, 0.3) is 0 Å². The fraction of sp³-hybridized carbons (Fsp3) is 0.487. The number of hydrogen-bond acceptors (Lipinski definition) is 10. The highest BCUT2D eigenvalue weighted by atomic mass is 16.6. The van der Waals surface area contributed by atoms with Crippen LogP contribution in [0.3, 0.4) is 0 Å². The molecule has 4 rings (SSSR count). The van der Waals surface area contributed by atoms with Crippen molar-refractivity contribution < 1.29 is 33.3 Å². The van der Waals surface area contributed by atoms with Crippen LogP contribution in [0.4, 0.5) is 5.69 Å². The number of benzene rings is 2. The van der Waals surface area contributed by atoms with Crippen LogP contribution >= 0.6 is 0 Å². The zero-order valence-electron chi connectivity index (χ0n) is 30.8. The summed E-state index contributed by atoms with van der Waals surface area (Å²) < 4.78 is 24.3. The van der Waals surface area contributed by atoms with E-state index in [1.807, 2.05) is 33.0 Å². The van der Waals surface area contributed by atoms with E-state index in [4.69, 9.17) is 23.9 Å². The SMILES string of the molecule is CCCc1nn(C)c2c(OCN(C(=O)CCCCc3ccc(C(=O)OCC)cc3)c3ccc(OC(CCC)C(=O)OCC)cc3)nc(CC)nc12. The monoisotopic (exact) mass is 701 g/mol. The van der Waals surface area contributed by atoms with Gasteiger partial charge in [0.05, 0.1) is 24.5 Å². The zero-order chi connectivity index (χ0) is 36.8. The molecule has 0 saturated heterocycles. The lowest BCUT2D eigenvalue weighted by Gasteiger charge is -2.24. The van der Waals surface area contributed by atoms with Gasteiger partial charge < -0.3 is 18.9 Å². The van der Waals surface area contributed by atoms with Crippen molar-refractivity contribution >= 4 is 34.6 Å². The van der Waals surface area contributed by atoms with E-state index >= 15 is 0 Å². The molecule has 0 spiro atoms. The first-order valence-electron chi connectivity index (χ1n) is 18.1. The van der Waals surface area contributed by atoms with E-state index in [0.29, 0.717) is 60.1 Å². The minimum absolute atomic E-state index is 0.0841. The molecule has 12 heteroatoms. The number of nitrogens with zero attached hydrogens (tertiary/aromatic N) is 5. The first-order valence-corrected chi connectivity index (χ1v) is 18.1. The molecule has 12 nitrogen and oxygen atoms in total. The zero-order valence-corrected chi connectivity index (χ0v) is 30.8. The number of rotatable bonds is 20. The molecule has 0 fully saturated rings. The number of aryl methyl sites for hydroxylation is 4. The molecule has 1 amide bonds. The number of unbranched alkanes of at least 4 members (excludes halogenated alkanes) is 1. The predicted molar refractivity (Wildman–Crippen MR) is 195 cm³/mol. The largest absolute Gasteiger partial charge is 0.479 e. The number of esters is 2. The van der Waals surface area contributed by atoms with Gasteiger partial charge in [-0.25, -0.2) is 14.6 Å². The average molecular weight is 702 g/mol. The van der Waals surface area contributed by atoms with Crippen molar-refractivity contribution in [2.45, 2.75) is 98.5 Å². The number of amides is 1. The topological polar surface area (TPSA) is 135 Å². The summed E-state index contributed by atoms with van der Waals surface area (Å²) in [5, 5.41) is 4.69. The first kappa shape index (κ1) is 38.8. The van der Waals surface area contributed by atoms with E-state index in [9.17, 15) is 14.4 Å². The summed E-state index contributed by atoms with van der Waals surface area (Å²) in [6, 6.07) is 14.4. The molecule has 4 aromatic rings. The molecule has 2 aromatic carbocycles. The van der Waals surface area contributed by atoms with Crippen LogP contribution in [0, 0.1) is 0 Å². The number of fused-ring (bicyclic) bond motifs is 1. The Labute approximate surface area is 300 Å². The molecule has 0 bridgehead atoms. The summed E-state index contributed by atoms with van der Waals surface area (Å²) in [6.45, 7) is 10.1. The van der Waals surface area contributed by atoms with Gasteiger partial charge in [0, 0.05) is 25.6 Å². The summed E-state index contributed by atoms with van der Waals surface area (Å²) in [4.78, 5) is 49.3. The van der Waals surface area contributed by atoms with Crippen LogP contribution in [0.5, 0.6) is 11.6 Å². The van der Waals surface area contributed by atoms with Crippen molar-refractivity contribution in [1.82, 2.24) is 19.7 Å². The number of ether oxygens (including phenoxy) is 4. The highest BCUT2D eigenvalue weighted by Crippen LogP contribution is 2.28. The van der Waals surface area contributed by atoms with Gasteiger partial charge in [0.15, 0.2) is 12.8 Å². The van der Waals surface area contributed by atoms with Gasteiger partial charge in [-0.2, -0.15) is 10.1 Å². The third-order valence-corrected chi connectivity index (χ3v) is 8.30. The third-order valence-electron chi connectivity index (χ3n) is 8.30. The Bertz CT molecular complexity index is 1740. The predicted octanol–water partition coefficient (Wildman–Crippen LogP) is 6.95. The van der Waals surface area contributed by atoms with Crippen molar-refractivity contribution in [3.8, 4) is 11.6 Å². The molecule has 2 aromatic heterocycles. The van der Waals surface area contributed by atoms with E-state index in [1.54, 1.807) is 59.8 Å². The Morgan fingerprint density at radius 2 is 1.57 bits per heavy atom. The summed E-state index contributed by atoms with van der Waals surface area (Å²) >= 11 is 0. The Morgan fingerprint density at radius 3 is 2.22 bits per heavy atom. The molecule has 1 atom stereocenters. The summed E-state index contributed by atoms with van der Waals surface area (Å²) in [5.74, 6) is 0.652. The highest BCUT2D eigenvalue weighted by Gasteiger charge is 2.23. The maximum atomic E-state index is 13.9. The number of carbonyl (C=O) groups is 3. The quantitative estimate of drug-likeness (QED) is 0.0541. The molecule has 0 radical (unpaired) electrons. The highest BCUT2D eigenvalue weighted by molar-refractivity contribution is 5.93. The molecular weight excluding hydrogens is 650 g/mol. The fourth-order valence-corrected chi connectivity index (χ4v) is 5.68. The Morgan fingerprint density at radius 1 is 0.843 bits per heavy atom. The van der Waals surface area contributed by atoms with Crippen LogP contribution in [0.25, 0.3) is 11.0 Å². The Kier molecular flexibility index (Phi) is 14.8. The average Bonchev–Trinajstić information content (AvgIpc) is 3.45. The van der Waals surface area contributed by atoms with Crippen molar-refractivity contribution in [2.75, 3.05) is 24.8 Å². The molecule has 274 valence electrons. The maximum Gasteiger partial charge on any atom is 0.347 e. The van der Waals surface area contributed by atoms with Crippen LogP contribution in [-0.4, -0.2) is 63.6 Å². The van der Waals surface area contributed by atoms with Gasteiger partial charge in [-0.15, -0.1) is 0 Å². The van der Waals surface area contributed by atoms with Crippen LogP contribution < -0.4 is 14.4 Å². The van der Waals surface area contributed by atoms with Crippen LogP contribution in [-0.2, 0) is 45.4 Å². The van der Waals surface area contributed by atoms with Gasteiger partial charge in [0.2, 0.25) is 11.8 Å². The van der Waals surface area contributed by atoms with E-state index in [1.165, 1.54) is 0 Å². The normalized spacial score (nSPS) is 11.6. The standard InChI is InChI=1S/C39H51N5O7/c1-7-14-31-35-36(43(6)42-31)37(41-33(9-3)40-35)50-26-44(29-22-24-30(25-23-29)51-32(15-8-2)39(47)49-11-5)34(45)17-13-12-16-27-18-20-28(21-19-27)38(46)48-10-4/h18-25,32H,7-17,26H2,1-6H3. The van der Waals surface area contributed by atoms with Crippen LogP contribution in [0.15, 0.2) is 48.5 Å². The number of carbonyl (C=O) groups excluding carboxylic acids is 3. The van der Waals surface area contributed by atoms with Gasteiger partial charge in [0.1, 0.15) is 22.6 Å². The van der Waals surface area contributed by atoms with E-state index in [0.717, 1.165) is 48.9 Å². The van der Waals surface area contributed by atoms with Gasteiger partial charge in [-0.05, 0) is 87.9 Å². The van der Waals surface area contributed by atoms with Crippen LogP contribution in [0.2, 0.25) is 0 Å². The van der Waals surface area contributed by atoms with Crippen molar-refractivity contribution in [3.63, 3.8) is 0 Å². The van der Waals surface area contributed by atoms with E-state index < -0.39 is 12.1 Å².